The van der Waals surface area contributed by atoms with Gasteiger partial charge in [-0.2, -0.15) is 0 Å². The highest BCUT2D eigenvalue weighted by atomic mass is 16.5. The summed E-state index contributed by atoms with van der Waals surface area (Å²) >= 11 is 0. The lowest BCUT2D eigenvalue weighted by atomic mass is 9.82. The number of hydrogen-bond acceptors (Lipinski definition) is 4. The summed E-state index contributed by atoms with van der Waals surface area (Å²) in [5, 5.41) is 2.86. The SMILES string of the molecule is COCC(=O)NC[C@@H]1CCC2(CN(C(=O)[C@H]3C[C@H]3C)C2)OC1. The first-order chi connectivity index (χ1) is 10.5. The number of amides is 2. The van der Waals surface area contributed by atoms with Crippen LogP contribution >= 0.6 is 0 Å². The Kier molecular flexibility index (Phi) is 4.41. The molecule has 124 valence electrons. The third-order valence-corrected chi connectivity index (χ3v) is 5.19. The van der Waals surface area contributed by atoms with E-state index in [0.29, 0.717) is 30.9 Å². The van der Waals surface area contributed by atoms with E-state index in [0.717, 1.165) is 32.4 Å². The number of carbonyl (C=O) groups is 2. The van der Waals surface area contributed by atoms with Gasteiger partial charge in [0.05, 0.1) is 19.7 Å². The Hall–Kier alpha value is -1.14. The van der Waals surface area contributed by atoms with Crippen molar-refractivity contribution in [2.75, 3.05) is 40.0 Å². The first-order valence-electron chi connectivity index (χ1n) is 8.21. The monoisotopic (exact) mass is 310 g/mol. The molecule has 0 unspecified atom stereocenters. The van der Waals surface area contributed by atoms with E-state index < -0.39 is 0 Å². The maximum absolute atomic E-state index is 12.1. The molecule has 6 nitrogen and oxygen atoms in total. The Morgan fingerprint density at radius 2 is 2.14 bits per heavy atom. The minimum atomic E-state index is -0.110. The molecule has 1 spiro atoms. The van der Waals surface area contributed by atoms with Gasteiger partial charge in [0.1, 0.15) is 12.2 Å². The van der Waals surface area contributed by atoms with Crippen molar-refractivity contribution >= 4 is 11.8 Å². The van der Waals surface area contributed by atoms with Crippen molar-refractivity contribution < 1.29 is 19.1 Å². The summed E-state index contributed by atoms with van der Waals surface area (Å²) in [4.78, 5) is 25.5. The van der Waals surface area contributed by atoms with E-state index in [1.807, 2.05) is 4.90 Å². The maximum atomic E-state index is 12.1. The topological polar surface area (TPSA) is 67.9 Å². The van der Waals surface area contributed by atoms with Crippen molar-refractivity contribution in [3.05, 3.63) is 0 Å². The van der Waals surface area contributed by atoms with E-state index in [2.05, 4.69) is 12.2 Å². The van der Waals surface area contributed by atoms with Crippen LogP contribution in [0.3, 0.4) is 0 Å². The number of nitrogens with zero attached hydrogens (tertiary/aromatic N) is 1. The zero-order valence-electron chi connectivity index (χ0n) is 13.5. The number of rotatable bonds is 5. The second kappa shape index (κ2) is 6.16. The van der Waals surface area contributed by atoms with Gasteiger partial charge in [-0.3, -0.25) is 9.59 Å². The van der Waals surface area contributed by atoms with Gasteiger partial charge in [-0.1, -0.05) is 6.92 Å². The Morgan fingerprint density at radius 1 is 1.41 bits per heavy atom. The molecule has 0 bridgehead atoms. The molecule has 22 heavy (non-hydrogen) atoms. The molecule has 2 amide bonds. The van der Waals surface area contributed by atoms with Crippen molar-refractivity contribution in [1.82, 2.24) is 10.2 Å². The van der Waals surface area contributed by atoms with Gasteiger partial charge in [0.25, 0.3) is 0 Å². The lowest BCUT2D eigenvalue weighted by Gasteiger charge is -2.53. The maximum Gasteiger partial charge on any atom is 0.245 e. The van der Waals surface area contributed by atoms with Gasteiger partial charge in [0.15, 0.2) is 0 Å². The molecular weight excluding hydrogens is 284 g/mol. The van der Waals surface area contributed by atoms with E-state index in [4.69, 9.17) is 9.47 Å². The summed E-state index contributed by atoms with van der Waals surface area (Å²) in [6, 6.07) is 0. The molecule has 0 aromatic heterocycles. The molecule has 1 aliphatic carbocycles. The highest BCUT2D eigenvalue weighted by Crippen LogP contribution is 2.43. The quantitative estimate of drug-likeness (QED) is 0.799. The third-order valence-electron chi connectivity index (χ3n) is 5.19. The molecular formula is C16H26N2O4. The summed E-state index contributed by atoms with van der Waals surface area (Å²) in [5.74, 6) is 1.43. The average molecular weight is 310 g/mol. The van der Waals surface area contributed by atoms with E-state index in [1.54, 1.807) is 0 Å². The van der Waals surface area contributed by atoms with Crippen LogP contribution in [0, 0.1) is 17.8 Å². The van der Waals surface area contributed by atoms with Crippen LogP contribution in [0.5, 0.6) is 0 Å². The van der Waals surface area contributed by atoms with Crippen molar-refractivity contribution in [3.63, 3.8) is 0 Å². The van der Waals surface area contributed by atoms with Gasteiger partial charge >= 0.3 is 0 Å². The smallest absolute Gasteiger partial charge is 0.245 e. The number of likely N-dealkylation sites (tertiary alicyclic amines) is 1. The van der Waals surface area contributed by atoms with E-state index >= 15 is 0 Å². The third kappa shape index (κ3) is 3.27. The molecule has 3 rings (SSSR count). The molecule has 3 atom stereocenters. The molecule has 0 aromatic rings. The first kappa shape index (κ1) is 15.7. The van der Waals surface area contributed by atoms with E-state index in [1.165, 1.54) is 7.11 Å². The number of hydrogen-bond donors (Lipinski definition) is 1. The van der Waals surface area contributed by atoms with Crippen molar-refractivity contribution in [3.8, 4) is 0 Å². The second-order valence-corrected chi connectivity index (χ2v) is 7.15. The van der Waals surface area contributed by atoms with Crippen molar-refractivity contribution in [2.24, 2.45) is 17.8 Å². The Labute approximate surface area is 131 Å². The van der Waals surface area contributed by atoms with E-state index in [9.17, 15) is 9.59 Å². The molecule has 2 saturated heterocycles. The average Bonchev–Trinajstić information content (AvgIpc) is 3.20. The number of ether oxygens (including phenoxy) is 2. The molecule has 2 heterocycles. The van der Waals surface area contributed by atoms with Crippen LogP contribution in [-0.2, 0) is 19.1 Å². The van der Waals surface area contributed by atoms with Crippen LogP contribution in [0.2, 0.25) is 0 Å². The molecule has 1 saturated carbocycles. The number of carbonyl (C=O) groups excluding carboxylic acids is 2. The van der Waals surface area contributed by atoms with Crippen molar-refractivity contribution in [2.45, 2.75) is 31.8 Å². The Morgan fingerprint density at radius 3 is 2.68 bits per heavy atom. The standard InChI is InChI=1S/C16H26N2O4/c1-11-5-13(11)15(20)18-9-16(10-18)4-3-12(7-22-16)6-17-14(19)8-21-2/h11-13H,3-10H2,1-2H3,(H,17,19)/t11-,12+,13+/m1/s1. The Balaban J connectivity index is 1.36. The molecule has 6 heteroatoms. The van der Waals surface area contributed by atoms with Crippen LogP contribution in [-0.4, -0.2) is 62.3 Å². The summed E-state index contributed by atoms with van der Waals surface area (Å²) in [6.07, 6.45) is 3.06. The van der Waals surface area contributed by atoms with Gasteiger partial charge in [0.2, 0.25) is 11.8 Å². The summed E-state index contributed by atoms with van der Waals surface area (Å²) in [6.45, 7) is 5.04. The first-order valence-corrected chi connectivity index (χ1v) is 8.21. The molecule has 0 radical (unpaired) electrons. The summed E-state index contributed by atoms with van der Waals surface area (Å²) in [7, 11) is 1.51. The van der Waals surface area contributed by atoms with Gasteiger partial charge in [-0.15, -0.1) is 0 Å². The van der Waals surface area contributed by atoms with Crippen LogP contribution in [0.15, 0.2) is 0 Å². The zero-order chi connectivity index (χ0) is 15.7. The number of nitrogens with one attached hydrogen (secondary N) is 1. The molecule has 3 aliphatic rings. The van der Waals surface area contributed by atoms with Crippen LogP contribution < -0.4 is 5.32 Å². The zero-order valence-corrected chi connectivity index (χ0v) is 13.5. The fraction of sp³-hybridized carbons (Fsp3) is 0.875. The van der Waals surface area contributed by atoms with Crippen LogP contribution in [0.4, 0.5) is 0 Å². The van der Waals surface area contributed by atoms with Gasteiger partial charge in [0, 0.05) is 19.6 Å². The molecule has 3 fully saturated rings. The van der Waals surface area contributed by atoms with Crippen LogP contribution in [0.1, 0.15) is 26.2 Å². The van der Waals surface area contributed by atoms with Gasteiger partial charge < -0.3 is 19.7 Å². The lowest BCUT2D eigenvalue weighted by Crippen LogP contribution is -2.66. The Bertz CT molecular complexity index is 437. The predicted octanol–water partition coefficient (Wildman–Crippen LogP) is 0.413. The highest BCUT2D eigenvalue weighted by molar-refractivity contribution is 5.82. The van der Waals surface area contributed by atoms with Gasteiger partial charge in [-0.05, 0) is 31.1 Å². The summed E-state index contributed by atoms with van der Waals surface area (Å²) in [5.41, 5.74) is -0.110. The highest BCUT2D eigenvalue weighted by Gasteiger charge is 2.52. The van der Waals surface area contributed by atoms with Crippen molar-refractivity contribution in [1.29, 1.82) is 0 Å². The lowest BCUT2D eigenvalue weighted by molar-refractivity contribution is -0.189. The molecule has 2 aliphatic heterocycles. The van der Waals surface area contributed by atoms with Crippen LogP contribution in [0.25, 0.3) is 0 Å². The molecule has 0 aromatic carbocycles. The fourth-order valence-corrected chi connectivity index (χ4v) is 3.47. The molecule has 1 N–H and O–H groups in total. The minimum absolute atomic E-state index is 0.0817. The predicted molar refractivity (Wildman–Crippen MR) is 80.1 cm³/mol. The number of methoxy groups -OCH3 is 1. The normalized spacial score (nSPS) is 32.5. The fourth-order valence-electron chi connectivity index (χ4n) is 3.47. The largest absolute Gasteiger partial charge is 0.375 e. The minimum Gasteiger partial charge on any atom is -0.375 e. The second-order valence-electron chi connectivity index (χ2n) is 7.15. The van der Waals surface area contributed by atoms with Gasteiger partial charge in [-0.25, -0.2) is 0 Å². The summed E-state index contributed by atoms with van der Waals surface area (Å²) < 4.78 is 10.8. The van der Waals surface area contributed by atoms with E-state index in [-0.39, 0.29) is 24.0 Å².